The third kappa shape index (κ3) is 4.67. The Morgan fingerprint density at radius 2 is 1.91 bits per heavy atom. The normalized spacial score (nSPS) is 14.3. The summed E-state index contributed by atoms with van der Waals surface area (Å²) < 4.78 is 16.4. The number of non-ortho nitro benzene ring substituents is 1. The Morgan fingerprint density at radius 1 is 1.12 bits per heavy atom. The first-order valence-electron chi connectivity index (χ1n) is 9.98. The van der Waals surface area contributed by atoms with E-state index in [0.29, 0.717) is 17.0 Å². The molecule has 9 nitrogen and oxygen atoms in total. The predicted molar refractivity (Wildman–Crippen MR) is 119 cm³/mol. The van der Waals surface area contributed by atoms with Gasteiger partial charge in [-0.3, -0.25) is 14.9 Å². The van der Waals surface area contributed by atoms with Crippen molar-refractivity contribution in [3.05, 3.63) is 99.8 Å². The quantitative estimate of drug-likeness (QED) is 0.183. The van der Waals surface area contributed by atoms with E-state index in [-0.39, 0.29) is 35.3 Å². The Morgan fingerprint density at radius 3 is 2.64 bits per heavy atom. The van der Waals surface area contributed by atoms with Crippen LogP contribution in [0, 0.1) is 10.1 Å². The summed E-state index contributed by atoms with van der Waals surface area (Å²) in [4.78, 5) is 35.8. The van der Waals surface area contributed by atoms with E-state index in [1.54, 1.807) is 55.5 Å². The van der Waals surface area contributed by atoms with Crippen LogP contribution in [0.3, 0.4) is 0 Å². The highest BCUT2D eigenvalue weighted by Crippen LogP contribution is 2.31. The van der Waals surface area contributed by atoms with E-state index in [2.05, 4.69) is 5.32 Å². The predicted octanol–water partition coefficient (Wildman–Crippen LogP) is 4.68. The fourth-order valence-corrected chi connectivity index (χ4v) is 3.15. The molecule has 4 rings (SSSR count). The number of carbonyl (C=O) groups excluding carboxylic acids is 2. The van der Waals surface area contributed by atoms with Crippen molar-refractivity contribution < 1.29 is 28.4 Å². The molecule has 0 amide bonds. The van der Waals surface area contributed by atoms with Crippen molar-refractivity contribution in [3.63, 3.8) is 0 Å². The van der Waals surface area contributed by atoms with E-state index in [9.17, 15) is 19.7 Å². The molecule has 1 N–H and O–H groups in total. The van der Waals surface area contributed by atoms with Crippen LogP contribution in [-0.2, 0) is 19.1 Å². The van der Waals surface area contributed by atoms with Crippen molar-refractivity contribution in [2.24, 2.45) is 0 Å². The van der Waals surface area contributed by atoms with Gasteiger partial charge in [0.25, 0.3) is 5.69 Å². The van der Waals surface area contributed by atoms with Crippen LogP contribution in [0.1, 0.15) is 12.7 Å². The third-order valence-electron chi connectivity index (χ3n) is 4.64. The van der Waals surface area contributed by atoms with Gasteiger partial charge >= 0.3 is 5.97 Å². The lowest BCUT2D eigenvalue weighted by Crippen LogP contribution is -2.16. The van der Waals surface area contributed by atoms with Gasteiger partial charge in [-0.05, 0) is 31.2 Å². The average Bonchev–Trinajstić information content (AvgIpc) is 3.39. The number of ether oxygens (including phenoxy) is 2. The van der Waals surface area contributed by atoms with E-state index in [0.717, 1.165) is 0 Å². The Hall–Kier alpha value is -4.66. The minimum atomic E-state index is -0.805. The number of esters is 1. The van der Waals surface area contributed by atoms with Crippen LogP contribution in [0.2, 0.25) is 0 Å². The molecule has 0 aliphatic carbocycles. The molecule has 0 radical (unpaired) electrons. The molecule has 1 aromatic heterocycles. The lowest BCUT2D eigenvalue weighted by Gasteiger charge is -2.08. The molecule has 33 heavy (non-hydrogen) atoms. The third-order valence-corrected chi connectivity index (χ3v) is 4.64. The summed E-state index contributed by atoms with van der Waals surface area (Å²) in [6.07, 6.45) is 1.35. The zero-order valence-electron chi connectivity index (χ0n) is 17.4. The molecule has 0 atom stereocenters. The summed E-state index contributed by atoms with van der Waals surface area (Å²) in [5.41, 5.74) is 0.800. The molecule has 166 valence electrons. The van der Waals surface area contributed by atoms with Crippen molar-refractivity contribution in [2.75, 3.05) is 11.9 Å². The fraction of sp³-hybridized carbons (Fsp3) is 0.0833. The lowest BCUT2D eigenvalue weighted by atomic mass is 10.1. The zero-order valence-corrected chi connectivity index (χ0v) is 17.4. The zero-order chi connectivity index (χ0) is 23.4. The molecule has 0 saturated carbocycles. The van der Waals surface area contributed by atoms with Gasteiger partial charge in [-0.15, -0.1) is 0 Å². The molecule has 0 spiro atoms. The molecule has 1 aliphatic rings. The number of nitro benzene ring substituents is 1. The van der Waals surface area contributed by atoms with Gasteiger partial charge in [0.15, 0.2) is 11.3 Å². The van der Waals surface area contributed by atoms with Gasteiger partial charge in [-0.25, -0.2) is 4.79 Å². The molecular weight excluding hydrogens is 428 g/mol. The highest BCUT2D eigenvalue weighted by Gasteiger charge is 2.37. The van der Waals surface area contributed by atoms with Crippen LogP contribution in [-0.4, -0.2) is 23.3 Å². The monoisotopic (exact) mass is 446 g/mol. The van der Waals surface area contributed by atoms with E-state index >= 15 is 0 Å². The number of hydrogen-bond acceptors (Lipinski definition) is 8. The van der Waals surface area contributed by atoms with E-state index in [1.807, 2.05) is 6.07 Å². The Kier molecular flexibility index (Phi) is 6.03. The molecule has 0 fully saturated rings. The topological polar surface area (TPSA) is 121 Å². The van der Waals surface area contributed by atoms with E-state index in [1.165, 1.54) is 18.2 Å². The number of nitro groups is 1. The Bertz CT molecular complexity index is 1290. The summed E-state index contributed by atoms with van der Waals surface area (Å²) in [5, 5.41) is 13.9. The van der Waals surface area contributed by atoms with Crippen LogP contribution in [0.25, 0.3) is 17.4 Å². The maximum atomic E-state index is 12.9. The number of nitrogens with zero attached hydrogens (tertiary/aromatic N) is 1. The number of allylic oxidation sites excluding steroid dienone is 1. The van der Waals surface area contributed by atoms with Gasteiger partial charge in [0.05, 0.1) is 11.5 Å². The number of ketones is 1. The first-order valence-corrected chi connectivity index (χ1v) is 9.98. The van der Waals surface area contributed by atoms with Crippen LogP contribution < -0.4 is 5.32 Å². The largest absolute Gasteiger partial charge is 0.462 e. The number of carbonyl (C=O) groups is 2. The second-order valence-electron chi connectivity index (χ2n) is 6.86. The molecule has 1 aliphatic heterocycles. The fourth-order valence-electron chi connectivity index (χ4n) is 3.15. The minimum absolute atomic E-state index is 0.0404. The van der Waals surface area contributed by atoms with Gasteiger partial charge in [-0.2, -0.15) is 0 Å². The molecule has 0 bridgehead atoms. The highest BCUT2D eigenvalue weighted by molar-refractivity contribution is 6.26. The standard InChI is InChI=1S/C24H18N2O7/c1-2-31-24(28)21-22(27)20(33-23(21)25-16-8-4-3-5-9-16)14-18-11-12-19(32-18)15-7-6-10-17(13-15)26(29)30/h3-14,25H,2H2,1H3/b20-14-. The van der Waals surface area contributed by atoms with Crippen LogP contribution in [0.5, 0.6) is 0 Å². The first-order chi connectivity index (χ1) is 16.0. The SMILES string of the molecule is CCOC(=O)C1=C(Nc2ccccc2)O/C(=C\c2ccc(-c3cccc([N+](=O)[O-])c3)o2)C1=O. The number of para-hydroxylation sites is 1. The van der Waals surface area contributed by atoms with Crippen molar-refractivity contribution >= 4 is 29.2 Å². The van der Waals surface area contributed by atoms with Gasteiger partial charge < -0.3 is 19.2 Å². The number of anilines is 1. The van der Waals surface area contributed by atoms with Crippen LogP contribution in [0.15, 0.2) is 88.4 Å². The summed E-state index contributed by atoms with van der Waals surface area (Å²) in [6.45, 7) is 1.73. The first kappa shape index (κ1) is 21.6. The maximum absolute atomic E-state index is 12.9. The number of rotatable bonds is 7. The van der Waals surface area contributed by atoms with Crippen molar-refractivity contribution in [2.45, 2.75) is 6.92 Å². The number of furan rings is 1. The second kappa shape index (κ2) is 9.23. The molecule has 9 heteroatoms. The van der Waals surface area contributed by atoms with Crippen molar-refractivity contribution in [3.8, 4) is 11.3 Å². The molecule has 2 aromatic carbocycles. The number of hydrogen-bond donors (Lipinski definition) is 1. The Balaban J connectivity index is 1.62. The summed E-state index contributed by atoms with van der Waals surface area (Å²) in [7, 11) is 0. The summed E-state index contributed by atoms with van der Waals surface area (Å²) >= 11 is 0. The molecular formula is C24H18N2O7. The summed E-state index contributed by atoms with van der Waals surface area (Å²) in [6, 6.07) is 18.1. The number of Topliss-reactive ketones (excluding diaryl/α,β-unsaturated/α-hetero) is 1. The number of benzene rings is 2. The molecule has 0 unspecified atom stereocenters. The van der Waals surface area contributed by atoms with Gasteiger partial charge in [0.2, 0.25) is 11.7 Å². The maximum Gasteiger partial charge on any atom is 0.347 e. The summed E-state index contributed by atoms with van der Waals surface area (Å²) in [5.74, 6) is -0.986. The smallest absolute Gasteiger partial charge is 0.347 e. The Labute approximate surface area is 188 Å². The van der Waals surface area contributed by atoms with Gasteiger partial charge in [0, 0.05) is 29.5 Å². The van der Waals surface area contributed by atoms with Crippen LogP contribution >= 0.6 is 0 Å². The lowest BCUT2D eigenvalue weighted by molar-refractivity contribution is -0.384. The molecule has 0 saturated heterocycles. The second-order valence-corrected chi connectivity index (χ2v) is 6.86. The van der Waals surface area contributed by atoms with E-state index in [4.69, 9.17) is 13.9 Å². The minimum Gasteiger partial charge on any atom is -0.462 e. The van der Waals surface area contributed by atoms with Gasteiger partial charge in [0.1, 0.15) is 11.5 Å². The average molecular weight is 446 g/mol. The van der Waals surface area contributed by atoms with Gasteiger partial charge in [-0.1, -0.05) is 30.3 Å². The van der Waals surface area contributed by atoms with E-state index < -0.39 is 16.7 Å². The molecule has 2 heterocycles. The van der Waals surface area contributed by atoms with Crippen LogP contribution in [0.4, 0.5) is 11.4 Å². The van der Waals surface area contributed by atoms with Crippen molar-refractivity contribution in [1.82, 2.24) is 0 Å². The van der Waals surface area contributed by atoms with Crippen molar-refractivity contribution in [1.29, 1.82) is 0 Å². The highest BCUT2D eigenvalue weighted by atomic mass is 16.6. The number of nitrogens with one attached hydrogen (secondary N) is 1. The molecule has 3 aromatic rings.